The Bertz CT molecular complexity index is 1260. The number of benzene rings is 3. The number of ether oxygens (including phenoxy) is 2. The minimum atomic E-state index is -0.413. The Hall–Kier alpha value is -4.06. The molecule has 3 aromatic carbocycles. The maximum absolute atomic E-state index is 13.7. The van der Waals surface area contributed by atoms with E-state index in [1.165, 1.54) is 4.90 Å². The number of para-hydroxylation sites is 1. The van der Waals surface area contributed by atoms with Gasteiger partial charge in [-0.1, -0.05) is 43.3 Å². The molecule has 0 fully saturated rings. The SMILES string of the molecule is CCCOc1ccc(C2=C(Nc3cc(C)ccc3OC)C(=O)N(c3ccccc3C)C2=O)cc1. The van der Waals surface area contributed by atoms with E-state index < -0.39 is 5.91 Å². The molecular weight excluding hydrogens is 428 g/mol. The summed E-state index contributed by atoms with van der Waals surface area (Å²) in [5.41, 5.74) is 4.15. The van der Waals surface area contributed by atoms with Gasteiger partial charge in [-0.15, -0.1) is 0 Å². The topological polar surface area (TPSA) is 67.9 Å². The summed E-state index contributed by atoms with van der Waals surface area (Å²) in [6.45, 7) is 6.49. The smallest absolute Gasteiger partial charge is 0.282 e. The number of imide groups is 1. The van der Waals surface area contributed by atoms with E-state index in [-0.39, 0.29) is 11.6 Å². The number of carbonyl (C=O) groups is 2. The van der Waals surface area contributed by atoms with Crippen LogP contribution in [0.15, 0.2) is 72.4 Å². The molecule has 0 saturated carbocycles. The maximum Gasteiger partial charge on any atom is 0.282 e. The van der Waals surface area contributed by atoms with Crippen LogP contribution in [0.2, 0.25) is 0 Å². The van der Waals surface area contributed by atoms with Crippen LogP contribution >= 0.6 is 0 Å². The normalized spacial score (nSPS) is 13.5. The fraction of sp³-hybridized carbons (Fsp3) is 0.214. The van der Waals surface area contributed by atoms with Crippen LogP contribution in [0.4, 0.5) is 11.4 Å². The number of nitrogens with one attached hydrogen (secondary N) is 1. The molecule has 0 aliphatic carbocycles. The van der Waals surface area contributed by atoms with Gasteiger partial charge >= 0.3 is 0 Å². The number of nitrogens with zero attached hydrogens (tertiary/aromatic N) is 1. The summed E-state index contributed by atoms with van der Waals surface area (Å²) >= 11 is 0. The fourth-order valence-corrected chi connectivity index (χ4v) is 3.94. The summed E-state index contributed by atoms with van der Waals surface area (Å²) in [6.07, 6.45) is 0.900. The van der Waals surface area contributed by atoms with Crippen molar-refractivity contribution in [1.29, 1.82) is 0 Å². The summed E-state index contributed by atoms with van der Waals surface area (Å²) in [6, 6.07) is 20.2. The zero-order chi connectivity index (χ0) is 24.2. The molecule has 0 bridgehead atoms. The van der Waals surface area contributed by atoms with Crippen LogP contribution in [0.1, 0.15) is 30.0 Å². The molecule has 3 aromatic rings. The van der Waals surface area contributed by atoms with Crippen molar-refractivity contribution in [3.8, 4) is 11.5 Å². The van der Waals surface area contributed by atoms with E-state index in [4.69, 9.17) is 9.47 Å². The van der Waals surface area contributed by atoms with E-state index in [1.807, 2.05) is 81.4 Å². The summed E-state index contributed by atoms with van der Waals surface area (Å²) in [4.78, 5) is 28.6. The zero-order valence-corrected chi connectivity index (χ0v) is 19.8. The Morgan fingerprint density at radius 3 is 2.32 bits per heavy atom. The van der Waals surface area contributed by atoms with Crippen LogP contribution in [0, 0.1) is 13.8 Å². The quantitative estimate of drug-likeness (QED) is 0.454. The van der Waals surface area contributed by atoms with Gasteiger partial charge in [-0.05, 0) is 67.3 Å². The monoisotopic (exact) mass is 456 g/mol. The highest BCUT2D eigenvalue weighted by molar-refractivity contribution is 6.46. The number of anilines is 2. The highest BCUT2D eigenvalue weighted by atomic mass is 16.5. The molecule has 0 spiro atoms. The second-order valence-corrected chi connectivity index (χ2v) is 8.18. The number of methoxy groups -OCH3 is 1. The third-order valence-corrected chi connectivity index (χ3v) is 5.67. The molecule has 0 atom stereocenters. The van der Waals surface area contributed by atoms with E-state index in [0.29, 0.717) is 40.6 Å². The molecule has 174 valence electrons. The van der Waals surface area contributed by atoms with Crippen molar-refractivity contribution in [2.24, 2.45) is 0 Å². The Balaban J connectivity index is 1.82. The van der Waals surface area contributed by atoms with Crippen LogP contribution in [0.25, 0.3) is 5.57 Å². The van der Waals surface area contributed by atoms with Crippen molar-refractivity contribution in [2.75, 3.05) is 23.9 Å². The van der Waals surface area contributed by atoms with Crippen LogP contribution in [-0.4, -0.2) is 25.5 Å². The average molecular weight is 457 g/mol. The van der Waals surface area contributed by atoms with Crippen molar-refractivity contribution in [3.05, 3.63) is 89.1 Å². The van der Waals surface area contributed by atoms with Gasteiger partial charge in [0.25, 0.3) is 11.8 Å². The lowest BCUT2D eigenvalue weighted by Crippen LogP contribution is -2.33. The van der Waals surface area contributed by atoms with Gasteiger partial charge in [0.1, 0.15) is 17.2 Å². The van der Waals surface area contributed by atoms with Crippen molar-refractivity contribution >= 4 is 28.8 Å². The van der Waals surface area contributed by atoms with Gasteiger partial charge in [-0.2, -0.15) is 0 Å². The number of rotatable bonds is 8. The first-order chi connectivity index (χ1) is 16.4. The molecule has 1 aliphatic rings. The predicted octanol–water partition coefficient (Wildman–Crippen LogP) is 5.50. The number of hydrogen-bond acceptors (Lipinski definition) is 5. The minimum Gasteiger partial charge on any atom is -0.495 e. The first-order valence-electron chi connectivity index (χ1n) is 11.3. The fourth-order valence-electron chi connectivity index (χ4n) is 3.94. The third kappa shape index (κ3) is 4.39. The maximum atomic E-state index is 13.7. The van der Waals surface area contributed by atoms with Gasteiger partial charge in [0.05, 0.1) is 30.7 Å². The lowest BCUT2D eigenvalue weighted by atomic mass is 10.0. The van der Waals surface area contributed by atoms with Crippen molar-refractivity contribution in [2.45, 2.75) is 27.2 Å². The summed E-state index contributed by atoms with van der Waals surface area (Å²) in [5.74, 6) is 0.503. The second kappa shape index (κ2) is 9.83. The Morgan fingerprint density at radius 1 is 0.912 bits per heavy atom. The van der Waals surface area contributed by atoms with E-state index in [1.54, 1.807) is 13.2 Å². The lowest BCUT2D eigenvalue weighted by molar-refractivity contribution is -0.120. The van der Waals surface area contributed by atoms with Gasteiger partial charge < -0.3 is 14.8 Å². The zero-order valence-electron chi connectivity index (χ0n) is 19.8. The van der Waals surface area contributed by atoms with Crippen molar-refractivity contribution in [1.82, 2.24) is 0 Å². The standard InChI is InChI=1S/C28H28N2O4/c1-5-16-34-21-13-11-20(12-14-21)25-26(29-22-17-18(2)10-15-24(22)33-4)28(32)30(27(25)31)23-9-7-6-8-19(23)3/h6-15,17,29H,5,16H2,1-4H3. The molecule has 34 heavy (non-hydrogen) atoms. The van der Waals surface area contributed by atoms with Gasteiger partial charge in [0, 0.05) is 0 Å². The first kappa shape index (κ1) is 23.1. The van der Waals surface area contributed by atoms with Gasteiger partial charge in [-0.3, -0.25) is 9.59 Å². The first-order valence-corrected chi connectivity index (χ1v) is 11.3. The van der Waals surface area contributed by atoms with Gasteiger partial charge in [0.2, 0.25) is 0 Å². The van der Waals surface area contributed by atoms with Gasteiger partial charge in [0.15, 0.2) is 0 Å². The number of amides is 2. The molecule has 0 saturated heterocycles. The highest BCUT2D eigenvalue weighted by Gasteiger charge is 2.41. The number of aryl methyl sites for hydroxylation is 2. The molecule has 4 rings (SSSR count). The Labute approximate surface area is 199 Å². The molecule has 1 heterocycles. The molecule has 1 aliphatic heterocycles. The lowest BCUT2D eigenvalue weighted by Gasteiger charge is -2.18. The highest BCUT2D eigenvalue weighted by Crippen LogP contribution is 2.37. The van der Waals surface area contributed by atoms with Gasteiger partial charge in [-0.25, -0.2) is 4.90 Å². The number of carbonyl (C=O) groups excluding carboxylic acids is 2. The molecule has 0 radical (unpaired) electrons. The summed E-state index contributed by atoms with van der Waals surface area (Å²) in [7, 11) is 1.57. The minimum absolute atomic E-state index is 0.208. The van der Waals surface area contributed by atoms with Crippen LogP contribution in [-0.2, 0) is 9.59 Å². The number of hydrogen-bond donors (Lipinski definition) is 1. The Kier molecular flexibility index (Phi) is 6.68. The van der Waals surface area contributed by atoms with Crippen LogP contribution < -0.4 is 19.7 Å². The average Bonchev–Trinajstić information content (AvgIpc) is 3.08. The molecule has 2 amide bonds. The molecular formula is C28H28N2O4. The summed E-state index contributed by atoms with van der Waals surface area (Å²) < 4.78 is 11.2. The second-order valence-electron chi connectivity index (χ2n) is 8.18. The van der Waals surface area contributed by atoms with E-state index in [9.17, 15) is 9.59 Å². The van der Waals surface area contributed by atoms with E-state index >= 15 is 0 Å². The molecule has 1 N–H and O–H groups in total. The largest absolute Gasteiger partial charge is 0.495 e. The van der Waals surface area contributed by atoms with E-state index in [2.05, 4.69) is 5.32 Å². The Morgan fingerprint density at radius 2 is 1.65 bits per heavy atom. The van der Waals surface area contributed by atoms with Crippen LogP contribution in [0.3, 0.4) is 0 Å². The molecule has 0 unspecified atom stereocenters. The van der Waals surface area contributed by atoms with Crippen molar-refractivity contribution in [3.63, 3.8) is 0 Å². The van der Waals surface area contributed by atoms with Crippen molar-refractivity contribution < 1.29 is 19.1 Å². The molecule has 6 nitrogen and oxygen atoms in total. The van der Waals surface area contributed by atoms with E-state index in [0.717, 1.165) is 17.5 Å². The molecule has 6 heteroatoms. The third-order valence-electron chi connectivity index (χ3n) is 5.67. The predicted molar refractivity (Wildman–Crippen MR) is 134 cm³/mol. The molecule has 0 aromatic heterocycles. The summed E-state index contributed by atoms with van der Waals surface area (Å²) in [5, 5.41) is 3.21. The van der Waals surface area contributed by atoms with Crippen LogP contribution in [0.5, 0.6) is 11.5 Å².